The fourth-order valence-corrected chi connectivity index (χ4v) is 4.15. The molecule has 0 amide bonds. The van der Waals surface area contributed by atoms with E-state index in [9.17, 15) is 4.79 Å². The molecule has 7 nitrogen and oxygen atoms in total. The summed E-state index contributed by atoms with van der Waals surface area (Å²) in [6.45, 7) is 9.39. The third-order valence-corrected chi connectivity index (χ3v) is 6.07. The average Bonchev–Trinajstić information content (AvgIpc) is 2.83. The molecule has 0 N–H and O–H groups in total. The summed E-state index contributed by atoms with van der Waals surface area (Å²) < 4.78 is 12.4. The summed E-state index contributed by atoms with van der Waals surface area (Å²) >= 11 is 0. The topological polar surface area (TPSA) is 59.3 Å². The maximum atomic E-state index is 13.1. The van der Waals surface area contributed by atoms with Crippen molar-refractivity contribution in [3.05, 3.63) is 52.4 Å². The van der Waals surface area contributed by atoms with Crippen molar-refractivity contribution in [2.45, 2.75) is 20.3 Å². The molecule has 1 fully saturated rings. The fourth-order valence-electron chi connectivity index (χ4n) is 4.15. The van der Waals surface area contributed by atoms with E-state index in [0.29, 0.717) is 22.8 Å². The van der Waals surface area contributed by atoms with Crippen LogP contribution in [0.15, 0.2) is 41.3 Å². The zero-order valence-corrected chi connectivity index (χ0v) is 18.7. The Kier molecular flexibility index (Phi) is 6.13. The van der Waals surface area contributed by atoms with E-state index in [4.69, 9.17) is 14.5 Å². The molecule has 1 saturated heterocycles. The predicted octanol–water partition coefficient (Wildman–Crippen LogP) is 3.08. The van der Waals surface area contributed by atoms with Crippen molar-refractivity contribution in [3.8, 4) is 22.8 Å². The van der Waals surface area contributed by atoms with E-state index in [2.05, 4.69) is 29.7 Å². The first kappa shape index (κ1) is 21.2. The summed E-state index contributed by atoms with van der Waals surface area (Å²) in [7, 11) is 3.20. The van der Waals surface area contributed by atoms with Gasteiger partial charge in [0, 0.05) is 44.0 Å². The van der Waals surface area contributed by atoms with Crippen LogP contribution in [0.25, 0.3) is 16.9 Å². The first-order valence-corrected chi connectivity index (χ1v) is 10.8. The second-order valence-corrected chi connectivity index (χ2v) is 7.74. The molecule has 1 aromatic carbocycles. The number of anilines is 1. The molecule has 31 heavy (non-hydrogen) atoms. The van der Waals surface area contributed by atoms with E-state index in [1.54, 1.807) is 24.7 Å². The highest BCUT2D eigenvalue weighted by Gasteiger charge is 2.18. The molecule has 164 valence electrons. The van der Waals surface area contributed by atoms with Crippen LogP contribution in [-0.2, 0) is 6.42 Å². The highest BCUT2D eigenvalue weighted by molar-refractivity contribution is 5.67. The first-order chi connectivity index (χ1) is 15.1. The number of rotatable bonds is 6. The molecule has 0 radical (unpaired) electrons. The van der Waals surface area contributed by atoms with Crippen molar-refractivity contribution < 1.29 is 9.47 Å². The molecule has 1 aliphatic rings. The molecule has 0 bridgehead atoms. The van der Waals surface area contributed by atoms with Gasteiger partial charge in [-0.05, 0) is 42.8 Å². The van der Waals surface area contributed by atoms with Crippen molar-refractivity contribution in [3.63, 3.8) is 0 Å². The van der Waals surface area contributed by atoms with Crippen LogP contribution in [0.2, 0.25) is 0 Å². The van der Waals surface area contributed by atoms with E-state index in [-0.39, 0.29) is 5.56 Å². The molecule has 0 aliphatic carbocycles. The van der Waals surface area contributed by atoms with Gasteiger partial charge in [0.15, 0.2) is 11.5 Å². The van der Waals surface area contributed by atoms with Crippen LogP contribution in [0.4, 0.5) is 5.69 Å². The number of ether oxygens (including phenoxy) is 2. The highest BCUT2D eigenvalue weighted by atomic mass is 16.5. The lowest BCUT2D eigenvalue weighted by atomic mass is 10.1. The molecule has 0 unspecified atom stereocenters. The Hall–Kier alpha value is -3.06. The van der Waals surface area contributed by atoms with Gasteiger partial charge in [-0.1, -0.05) is 13.8 Å². The summed E-state index contributed by atoms with van der Waals surface area (Å²) in [5, 5.41) is 0. The number of benzene rings is 1. The normalized spacial score (nSPS) is 14.8. The molecule has 0 saturated carbocycles. The van der Waals surface area contributed by atoms with Gasteiger partial charge in [-0.2, -0.15) is 0 Å². The van der Waals surface area contributed by atoms with E-state index < -0.39 is 0 Å². The molecule has 3 heterocycles. The Morgan fingerprint density at radius 3 is 2.35 bits per heavy atom. The van der Waals surface area contributed by atoms with Crippen molar-refractivity contribution in [1.29, 1.82) is 0 Å². The Morgan fingerprint density at radius 1 is 0.968 bits per heavy atom. The number of nitrogens with zero attached hydrogens (tertiary/aromatic N) is 4. The monoisotopic (exact) mass is 422 g/mol. The van der Waals surface area contributed by atoms with Crippen LogP contribution < -0.4 is 19.9 Å². The second kappa shape index (κ2) is 8.98. The SMILES string of the molecule is CCc1cc(N2CCN(CC)CC2)cn2c(=O)cc(-c3ccc(OC)c(OC)c3)nc12. The standard InChI is InChI=1S/C24H30N4O3/c1-5-17-13-19(27-11-9-26(6-2)10-12-27)16-28-23(29)15-20(25-24(17)28)18-7-8-21(30-3)22(14-18)31-4/h7-8,13-16H,5-6,9-12H2,1-4H3. The summed E-state index contributed by atoms with van der Waals surface area (Å²) in [6.07, 6.45) is 2.73. The summed E-state index contributed by atoms with van der Waals surface area (Å²) in [5.74, 6) is 1.25. The number of likely N-dealkylation sites (N-methyl/N-ethyl adjacent to an activating group) is 1. The Morgan fingerprint density at radius 2 is 1.71 bits per heavy atom. The van der Waals surface area contributed by atoms with Crippen molar-refractivity contribution in [2.75, 3.05) is 51.8 Å². The second-order valence-electron chi connectivity index (χ2n) is 7.74. The van der Waals surface area contributed by atoms with Crippen molar-refractivity contribution in [2.24, 2.45) is 0 Å². The van der Waals surface area contributed by atoms with E-state index in [1.807, 2.05) is 24.4 Å². The smallest absolute Gasteiger partial charge is 0.258 e. The van der Waals surface area contributed by atoms with Gasteiger partial charge < -0.3 is 19.3 Å². The average molecular weight is 423 g/mol. The number of hydrogen-bond donors (Lipinski definition) is 0. The summed E-state index contributed by atoms with van der Waals surface area (Å²) in [5.41, 5.74) is 4.22. The number of hydrogen-bond acceptors (Lipinski definition) is 6. The zero-order chi connectivity index (χ0) is 22.0. The minimum absolute atomic E-state index is 0.0847. The molecule has 7 heteroatoms. The maximum absolute atomic E-state index is 13.1. The number of methoxy groups -OCH3 is 2. The lowest BCUT2D eigenvalue weighted by Crippen LogP contribution is -2.46. The van der Waals surface area contributed by atoms with E-state index in [0.717, 1.165) is 56.0 Å². The third kappa shape index (κ3) is 4.10. The molecular formula is C24H30N4O3. The van der Waals surface area contributed by atoms with Gasteiger partial charge in [-0.25, -0.2) is 4.98 Å². The van der Waals surface area contributed by atoms with Gasteiger partial charge in [-0.3, -0.25) is 9.20 Å². The van der Waals surface area contributed by atoms with Crippen molar-refractivity contribution >= 4 is 11.3 Å². The van der Waals surface area contributed by atoms with Crippen LogP contribution in [0, 0.1) is 0 Å². The number of aryl methyl sites for hydroxylation is 1. The molecule has 1 aliphatic heterocycles. The number of pyridine rings is 1. The number of fused-ring (bicyclic) bond motifs is 1. The molecule has 0 spiro atoms. The Labute approximate surface area is 182 Å². The largest absolute Gasteiger partial charge is 0.493 e. The fraction of sp³-hybridized carbons (Fsp3) is 0.417. The zero-order valence-electron chi connectivity index (χ0n) is 18.7. The van der Waals surface area contributed by atoms with Gasteiger partial charge >= 0.3 is 0 Å². The number of piperazine rings is 1. The van der Waals surface area contributed by atoms with Gasteiger partial charge in [-0.15, -0.1) is 0 Å². The van der Waals surface area contributed by atoms with Crippen LogP contribution in [0.3, 0.4) is 0 Å². The number of aromatic nitrogens is 2. The highest BCUT2D eigenvalue weighted by Crippen LogP contribution is 2.31. The van der Waals surface area contributed by atoms with E-state index in [1.165, 1.54) is 0 Å². The lowest BCUT2D eigenvalue weighted by Gasteiger charge is -2.35. The van der Waals surface area contributed by atoms with Gasteiger partial charge in [0.25, 0.3) is 5.56 Å². The van der Waals surface area contributed by atoms with Crippen LogP contribution in [0.5, 0.6) is 11.5 Å². The van der Waals surface area contributed by atoms with Crippen LogP contribution in [-0.4, -0.2) is 61.2 Å². The van der Waals surface area contributed by atoms with Gasteiger partial charge in [0.2, 0.25) is 0 Å². The molecule has 0 atom stereocenters. The first-order valence-electron chi connectivity index (χ1n) is 10.8. The summed E-state index contributed by atoms with van der Waals surface area (Å²) in [4.78, 5) is 22.8. The van der Waals surface area contributed by atoms with Crippen LogP contribution >= 0.6 is 0 Å². The molecule has 2 aromatic heterocycles. The minimum Gasteiger partial charge on any atom is -0.493 e. The Balaban J connectivity index is 1.77. The Bertz CT molecular complexity index is 1130. The van der Waals surface area contributed by atoms with Gasteiger partial charge in [0.05, 0.1) is 25.6 Å². The lowest BCUT2D eigenvalue weighted by molar-refractivity contribution is 0.271. The molecule has 4 rings (SSSR count). The van der Waals surface area contributed by atoms with Crippen molar-refractivity contribution in [1.82, 2.24) is 14.3 Å². The quantitative estimate of drug-likeness (QED) is 0.609. The van der Waals surface area contributed by atoms with Crippen LogP contribution in [0.1, 0.15) is 19.4 Å². The molecular weight excluding hydrogens is 392 g/mol. The van der Waals surface area contributed by atoms with E-state index >= 15 is 0 Å². The molecule has 3 aromatic rings. The summed E-state index contributed by atoms with van der Waals surface area (Å²) in [6, 6.07) is 9.35. The minimum atomic E-state index is -0.0847. The predicted molar refractivity (Wildman–Crippen MR) is 124 cm³/mol. The third-order valence-electron chi connectivity index (χ3n) is 6.07. The maximum Gasteiger partial charge on any atom is 0.258 e. The van der Waals surface area contributed by atoms with Gasteiger partial charge in [0.1, 0.15) is 5.65 Å².